The van der Waals surface area contributed by atoms with E-state index < -0.39 is 0 Å². The van der Waals surface area contributed by atoms with Crippen LogP contribution >= 0.6 is 0 Å². The topological polar surface area (TPSA) is 44.5 Å². The number of para-hydroxylation sites is 1. The van der Waals surface area contributed by atoms with Crippen molar-refractivity contribution in [1.29, 1.82) is 0 Å². The minimum Gasteiger partial charge on any atom is -0.497 e. The summed E-state index contributed by atoms with van der Waals surface area (Å²) < 4.78 is 11.0. The lowest BCUT2D eigenvalue weighted by Gasteiger charge is -2.14. The van der Waals surface area contributed by atoms with Gasteiger partial charge in [-0.05, 0) is 47.5 Å². The van der Waals surface area contributed by atoms with E-state index in [1.54, 1.807) is 7.11 Å². The van der Waals surface area contributed by atoms with Gasteiger partial charge in [0.25, 0.3) is 0 Å². The van der Waals surface area contributed by atoms with Crippen LogP contribution in [0.25, 0.3) is 0 Å². The maximum atomic E-state index is 6.33. The van der Waals surface area contributed by atoms with E-state index in [-0.39, 0.29) is 6.04 Å². The Bertz CT molecular complexity index is 737. The van der Waals surface area contributed by atoms with Gasteiger partial charge < -0.3 is 15.2 Å². The molecule has 23 heavy (non-hydrogen) atoms. The maximum Gasteiger partial charge on any atom is 0.127 e. The van der Waals surface area contributed by atoms with E-state index in [2.05, 4.69) is 0 Å². The molecule has 0 spiro atoms. The van der Waals surface area contributed by atoms with Crippen molar-refractivity contribution in [1.82, 2.24) is 0 Å². The molecule has 3 aromatic carbocycles. The molecule has 0 aliphatic carbocycles. The average molecular weight is 305 g/mol. The molecule has 3 aromatic rings. The number of ether oxygens (including phenoxy) is 2. The Kier molecular flexibility index (Phi) is 4.60. The third-order valence-electron chi connectivity index (χ3n) is 3.69. The smallest absolute Gasteiger partial charge is 0.127 e. The third kappa shape index (κ3) is 3.71. The number of rotatable bonds is 5. The highest BCUT2D eigenvalue weighted by Gasteiger charge is 2.09. The molecule has 116 valence electrons. The van der Waals surface area contributed by atoms with Gasteiger partial charge in [-0.25, -0.2) is 0 Å². The lowest BCUT2D eigenvalue weighted by Crippen LogP contribution is -2.11. The van der Waals surface area contributed by atoms with Crippen molar-refractivity contribution in [3.8, 4) is 17.2 Å². The zero-order valence-corrected chi connectivity index (χ0v) is 13.0. The van der Waals surface area contributed by atoms with Crippen molar-refractivity contribution in [2.24, 2.45) is 5.73 Å². The summed E-state index contributed by atoms with van der Waals surface area (Å²) in [6.07, 6.45) is 0. The molecule has 0 aliphatic rings. The summed E-state index contributed by atoms with van der Waals surface area (Å²) in [5.41, 5.74) is 8.41. The lowest BCUT2D eigenvalue weighted by atomic mass is 9.99. The molecule has 1 unspecified atom stereocenters. The van der Waals surface area contributed by atoms with Gasteiger partial charge >= 0.3 is 0 Å². The fraction of sp³-hybridized carbons (Fsp3) is 0.100. The number of hydrogen-bond acceptors (Lipinski definition) is 3. The van der Waals surface area contributed by atoms with E-state index in [4.69, 9.17) is 15.2 Å². The molecule has 0 fully saturated rings. The molecule has 0 amide bonds. The van der Waals surface area contributed by atoms with Crippen molar-refractivity contribution in [2.75, 3.05) is 7.11 Å². The summed E-state index contributed by atoms with van der Waals surface area (Å²) in [7, 11) is 1.65. The fourth-order valence-corrected chi connectivity index (χ4v) is 2.37. The number of methoxy groups -OCH3 is 1. The van der Waals surface area contributed by atoms with Gasteiger partial charge in [0.05, 0.1) is 13.2 Å². The van der Waals surface area contributed by atoms with E-state index in [9.17, 15) is 0 Å². The van der Waals surface area contributed by atoms with Gasteiger partial charge in [0.15, 0.2) is 0 Å². The fourth-order valence-electron chi connectivity index (χ4n) is 2.37. The number of benzene rings is 3. The predicted molar refractivity (Wildman–Crippen MR) is 92.0 cm³/mol. The zero-order chi connectivity index (χ0) is 16.1. The first kappa shape index (κ1) is 15.1. The second kappa shape index (κ2) is 6.99. The summed E-state index contributed by atoms with van der Waals surface area (Å²) in [5, 5.41) is 0. The van der Waals surface area contributed by atoms with E-state index >= 15 is 0 Å². The Morgan fingerprint density at radius 1 is 0.652 bits per heavy atom. The van der Waals surface area contributed by atoms with Crippen LogP contribution in [0.2, 0.25) is 0 Å². The molecular weight excluding hydrogens is 286 g/mol. The van der Waals surface area contributed by atoms with Crippen molar-refractivity contribution >= 4 is 0 Å². The second-order valence-corrected chi connectivity index (χ2v) is 5.23. The molecule has 0 saturated carbocycles. The van der Waals surface area contributed by atoms with Gasteiger partial charge in [-0.1, -0.05) is 42.5 Å². The second-order valence-electron chi connectivity index (χ2n) is 5.23. The zero-order valence-electron chi connectivity index (χ0n) is 13.0. The van der Waals surface area contributed by atoms with Gasteiger partial charge in [0.1, 0.15) is 17.2 Å². The predicted octanol–water partition coefficient (Wildman–Crippen LogP) is 4.54. The maximum absolute atomic E-state index is 6.33. The van der Waals surface area contributed by atoms with Gasteiger partial charge in [-0.2, -0.15) is 0 Å². The molecule has 2 N–H and O–H groups in total. The number of hydrogen-bond donors (Lipinski definition) is 1. The van der Waals surface area contributed by atoms with Crippen LogP contribution in [0.1, 0.15) is 17.2 Å². The summed E-state index contributed by atoms with van der Waals surface area (Å²) in [6.45, 7) is 0. The molecule has 0 saturated heterocycles. The highest BCUT2D eigenvalue weighted by molar-refractivity contribution is 5.38. The molecule has 0 aliphatic heterocycles. The first-order chi connectivity index (χ1) is 11.3. The van der Waals surface area contributed by atoms with Gasteiger partial charge in [-0.15, -0.1) is 0 Å². The Morgan fingerprint density at radius 2 is 1.13 bits per heavy atom. The highest BCUT2D eigenvalue weighted by atomic mass is 16.5. The van der Waals surface area contributed by atoms with E-state index in [1.165, 1.54) is 0 Å². The van der Waals surface area contributed by atoms with Crippen LogP contribution in [0.3, 0.4) is 0 Å². The molecule has 0 radical (unpaired) electrons. The SMILES string of the molecule is COc1ccc(C(N)c2ccc(Oc3ccccc3)cc2)cc1. The summed E-state index contributed by atoms with van der Waals surface area (Å²) in [4.78, 5) is 0. The van der Waals surface area contributed by atoms with E-state index in [0.29, 0.717) is 0 Å². The quantitative estimate of drug-likeness (QED) is 0.753. The molecule has 1 atom stereocenters. The number of nitrogens with two attached hydrogens (primary N) is 1. The lowest BCUT2D eigenvalue weighted by molar-refractivity contribution is 0.414. The van der Waals surface area contributed by atoms with Crippen molar-refractivity contribution in [3.05, 3.63) is 90.0 Å². The average Bonchev–Trinajstić information content (AvgIpc) is 2.63. The Balaban J connectivity index is 1.73. The minimum absolute atomic E-state index is 0.174. The first-order valence-corrected chi connectivity index (χ1v) is 7.48. The van der Waals surface area contributed by atoms with Crippen LogP contribution < -0.4 is 15.2 Å². The summed E-state index contributed by atoms with van der Waals surface area (Å²) in [6, 6.07) is 25.2. The molecule has 3 rings (SSSR count). The monoisotopic (exact) mass is 305 g/mol. The first-order valence-electron chi connectivity index (χ1n) is 7.48. The third-order valence-corrected chi connectivity index (χ3v) is 3.69. The van der Waals surface area contributed by atoms with Gasteiger partial charge in [-0.3, -0.25) is 0 Å². The van der Waals surface area contributed by atoms with Crippen LogP contribution in [0.15, 0.2) is 78.9 Å². The standard InChI is InChI=1S/C20H19NO2/c1-22-17-11-7-15(8-12-17)20(21)16-9-13-19(14-10-16)23-18-5-3-2-4-6-18/h2-14,20H,21H2,1H3. The Labute approximate surface area is 136 Å². The Hall–Kier alpha value is -2.78. The molecule has 0 bridgehead atoms. The summed E-state index contributed by atoms with van der Waals surface area (Å²) in [5.74, 6) is 2.44. The molecular formula is C20H19NO2. The van der Waals surface area contributed by atoms with Crippen molar-refractivity contribution in [3.63, 3.8) is 0 Å². The molecule has 0 heterocycles. The molecule has 3 heteroatoms. The van der Waals surface area contributed by atoms with E-state index in [1.807, 2.05) is 78.9 Å². The van der Waals surface area contributed by atoms with Crippen LogP contribution in [-0.4, -0.2) is 7.11 Å². The van der Waals surface area contributed by atoms with Crippen molar-refractivity contribution in [2.45, 2.75) is 6.04 Å². The van der Waals surface area contributed by atoms with Gasteiger partial charge in [0, 0.05) is 0 Å². The molecule has 0 aromatic heterocycles. The van der Waals surface area contributed by atoms with Crippen LogP contribution in [-0.2, 0) is 0 Å². The van der Waals surface area contributed by atoms with Crippen LogP contribution in [0.4, 0.5) is 0 Å². The van der Waals surface area contributed by atoms with Crippen LogP contribution in [0, 0.1) is 0 Å². The highest BCUT2D eigenvalue weighted by Crippen LogP contribution is 2.26. The van der Waals surface area contributed by atoms with Crippen molar-refractivity contribution < 1.29 is 9.47 Å². The summed E-state index contributed by atoms with van der Waals surface area (Å²) >= 11 is 0. The normalized spacial score (nSPS) is 11.7. The van der Waals surface area contributed by atoms with Crippen LogP contribution in [0.5, 0.6) is 17.2 Å². The van der Waals surface area contributed by atoms with Gasteiger partial charge in [0.2, 0.25) is 0 Å². The Morgan fingerprint density at radius 3 is 1.65 bits per heavy atom. The van der Waals surface area contributed by atoms with E-state index in [0.717, 1.165) is 28.4 Å². The largest absolute Gasteiger partial charge is 0.497 e. The molecule has 3 nitrogen and oxygen atoms in total. The minimum atomic E-state index is -0.174.